The fraction of sp³-hybridized carbons (Fsp3) is 0.0870. The van der Waals surface area contributed by atoms with Crippen LogP contribution in [0.1, 0.15) is 37.4 Å². The van der Waals surface area contributed by atoms with Crippen LogP contribution in [-0.2, 0) is 13.1 Å². The Morgan fingerprint density at radius 1 is 0.862 bits per heavy atom. The van der Waals surface area contributed by atoms with Crippen molar-refractivity contribution in [1.82, 2.24) is 5.43 Å². The minimum absolute atomic E-state index is 0.0902. The summed E-state index contributed by atoms with van der Waals surface area (Å²) in [4.78, 5) is 25.3. The highest BCUT2D eigenvalue weighted by molar-refractivity contribution is 5.95. The van der Waals surface area contributed by atoms with Gasteiger partial charge in [-0.2, -0.15) is 5.10 Å². The van der Waals surface area contributed by atoms with Crippen molar-refractivity contribution in [2.45, 2.75) is 13.1 Å². The van der Waals surface area contributed by atoms with Gasteiger partial charge in [-0.1, -0.05) is 48.5 Å². The Kier molecular flexibility index (Phi) is 5.07. The predicted octanol–water partition coefficient (Wildman–Crippen LogP) is 2.33. The zero-order chi connectivity index (χ0) is 20.2. The molecule has 29 heavy (non-hydrogen) atoms. The Morgan fingerprint density at radius 3 is 2.03 bits per heavy atom. The first kappa shape index (κ1) is 18.4. The van der Waals surface area contributed by atoms with Gasteiger partial charge in [0.25, 0.3) is 5.91 Å². The summed E-state index contributed by atoms with van der Waals surface area (Å²) >= 11 is 0. The molecule has 1 aliphatic heterocycles. The number of hydrogen-bond donors (Lipinski definition) is 1. The molecule has 1 heterocycles. The number of aromatic carboxylic acids is 1. The molecule has 144 valence electrons. The summed E-state index contributed by atoms with van der Waals surface area (Å²) in [7, 11) is 0. The lowest BCUT2D eigenvalue weighted by molar-refractivity contribution is -0.255. The van der Waals surface area contributed by atoms with Crippen LogP contribution >= 0.6 is 0 Å². The fourth-order valence-corrected chi connectivity index (χ4v) is 3.27. The van der Waals surface area contributed by atoms with Crippen molar-refractivity contribution in [3.63, 3.8) is 0 Å². The van der Waals surface area contributed by atoms with Crippen LogP contribution in [0.15, 0.2) is 77.9 Å². The molecule has 4 rings (SSSR count). The van der Waals surface area contributed by atoms with Crippen LogP contribution in [0.5, 0.6) is 0 Å². The zero-order valence-corrected chi connectivity index (χ0v) is 15.5. The molecule has 0 atom stereocenters. The van der Waals surface area contributed by atoms with Gasteiger partial charge in [0, 0.05) is 24.3 Å². The second-order valence-electron chi connectivity index (χ2n) is 6.78. The summed E-state index contributed by atoms with van der Waals surface area (Å²) in [5.74, 6) is -1.55. The van der Waals surface area contributed by atoms with Gasteiger partial charge >= 0.3 is 0 Å². The Labute approximate surface area is 168 Å². The van der Waals surface area contributed by atoms with E-state index < -0.39 is 5.97 Å². The number of carbonyl (C=O) groups excluding carboxylic acids is 2. The fourth-order valence-electron chi connectivity index (χ4n) is 3.27. The maximum atomic E-state index is 12.3. The van der Waals surface area contributed by atoms with E-state index in [1.807, 2.05) is 24.3 Å². The van der Waals surface area contributed by atoms with Gasteiger partial charge in [-0.3, -0.25) is 4.79 Å². The smallest absolute Gasteiger partial charge is 0.271 e. The number of nitrogens with one attached hydrogen (secondary N) is 1. The topological polar surface area (TPSA) is 84.8 Å². The molecule has 0 saturated carbocycles. The third-order valence-corrected chi connectivity index (χ3v) is 4.86. The SMILES string of the molecule is O=C([O-])c1ccc(/C=N\NC(=O)c2ccc(N3Cc4ccccc4C3)cc2)cc1. The molecular formula is C23H18N3O3-. The largest absolute Gasteiger partial charge is 0.545 e. The first-order valence-corrected chi connectivity index (χ1v) is 9.17. The van der Waals surface area contributed by atoms with Crippen LogP contribution in [-0.4, -0.2) is 18.1 Å². The molecule has 0 unspecified atom stereocenters. The molecule has 0 radical (unpaired) electrons. The van der Waals surface area contributed by atoms with E-state index in [-0.39, 0.29) is 11.5 Å². The standard InChI is InChI=1S/C23H19N3O3/c27-22(25-24-13-16-5-7-18(8-6-16)23(28)29)17-9-11-21(12-10-17)26-14-19-3-1-2-4-20(19)15-26/h1-13H,14-15H2,(H,25,27)(H,28,29)/p-1/b24-13-. The Bertz CT molecular complexity index is 1050. The second-order valence-corrected chi connectivity index (χ2v) is 6.78. The lowest BCUT2D eigenvalue weighted by Crippen LogP contribution is -2.22. The number of fused-ring (bicyclic) bond motifs is 1. The van der Waals surface area contributed by atoms with Gasteiger partial charge in [0.1, 0.15) is 0 Å². The molecule has 1 amide bonds. The molecule has 0 fully saturated rings. The van der Waals surface area contributed by atoms with E-state index in [0.717, 1.165) is 18.8 Å². The van der Waals surface area contributed by atoms with Crippen LogP contribution in [0, 0.1) is 0 Å². The van der Waals surface area contributed by atoms with E-state index in [0.29, 0.717) is 11.1 Å². The van der Waals surface area contributed by atoms with Crippen LogP contribution < -0.4 is 15.4 Å². The minimum atomic E-state index is -1.23. The number of carboxylic acid groups (broad SMARTS) is 1. The summed E-state index contributed by atoms with van der Waals surface area (Å²) < 4.78 is 0. The summed E-state index contributed by atoms with van der Waals surface area (Å²) in [6.45, 7) is 1.73. The van der Waals surface area contributed by atoms with Crippen molar-refractivity contribution < 1.29 is 14.7 Å². The van der Waals surface area contributed by atoms with Gasteiger partial charge in [-0.15, -0.1) is 0 Å². The third-order valence-electron chi connectivity index (χ3n) is 4.86. The molecular weight excluding hydrogens is 366 g/mol. The monoisotopic (exact) mass is 384 g/mol. The van der Waals surface area contributed by atoms with Crippen LogP contribution in [0.4, 0.5) is 5.69 Å². The van der Waals surface area contributed by atoms with E-state index in [4.69, 9.17) is 0 Å². The molecule has 0 bridgehead atoms. The molecule has 0 aromatic heterocycles. The number of amides is 1. The highest BCUT2D eigenvalue weighted by Gasteiger charge is 2.18. The van der Waals surface area contributed by atoms with Gasteiger partial charge in [0.15, 0.2) is 0 Å². The molecule has 1 N–H and O–H groups in total. The van der Waals surface area contributed by atoms with Gasteiger partial charge in [0.05, 0.1) is 12.2 Å². The maximum absolute atomic E-state index is 12.3. The van der Waals surface area contributed by atoms with E-state index >= 15 is 0 Å². The molecule has 3 aromatic carbocycles. The number of nitrogens with zero attached hydrogens (tertiary/aromatic N) is 2. The molecule has 0 aliphatic carbocycles. The van der Waals surface area contributed by atoms with E-state index in [1.54, 1.807) is 24.3 Å². The number of carboxylic acids is 1. The van der Waals surface area contributed by atoms with Crippen molar-refractivity contribution >= 4 is 23.8 Å². The number of carbonyl (C=O) groups is 2. The van der Waals surface area contributed by atoms with Crippen molar-refractivity contribution in [2.24, 2.45) is 5.10 Å². The van der Waals surface area contributed by atoms with Gasteiger partial charge in [-0.05, 0) is 46.5 Å². The minimum Gasteiger partial charge on any atom is -0.545 e. The number of hydrogen-bond acceptors (Lipinski definition) is 5. The average molecular weight is 384 g/mol. The van der Waals surface area contributed by atoms with E-state index in [9.17, 15) is 14.7 Å². The highest BCUT2D eigenvalue weighted by atomic mass is 16.4. The summed E-state index contributed by atoms with van der Waals surface area (Å²) in [5, 5.41) is 14.7. The maximum Gasteiger partial charge on any atom is 0.271 e. The number of rotatable bonds is 5. The van der Waals surface area contributed by atoms with E-state index in [2.05, 4.69) is 27.6 Å². The Morgan fingerprint density at radius 2 is 1.45 bits per heavy atom. The summed E-state index contributed by atoms with van der Waals surface area (Å²) in [6, 6.07) is 21.8. The van der Waals surface area contributed by atoms with Crippen LogP contribution in [0.2, 0.25) is 0 Å². The van der Waals surface area contributed by atoms with Gasteiger partial charge < -0.3 is 14.8 Å². The Balaban J connectivity index is 1.35. The van der Waals surface area contributed by atoms with Crippen LogP contribution in [0.3, 0.4) is 0 Å². The van der Waals surface area contributed by atoms with Crippen molar-refractivity contribution in [3.8, 4) is 0 Å². The molecule has 0 saturated heterocycles. The quantitative estimate of drug-likeness (QED) is 0.540. The normalized spacial score (nSPS) is 12.8. The third kappa shape index (κ3) is 4.16. The summed E-state index contributed by atoms with van der Waals surface area (Å²) in [6.07, 6.45) is 1.45. The van der Waals surface area contributed by atoms with Gasteiger partial charge in [0.2, 0.25) is 0 Å². The lowest BCUT2D eigenvalue weighted by atomic mass is 10.1. The number of benzene rings is 3. The molecule has 6 heteroatoms. The van der Waals surface area contributed by atoms with E-state index in [1.165, 1.54) is 29.5 Å². The molecule has 3 aromatic rings. The van der Waals surface area contributed by atoms with Crippen molar-refractivity contribution in [3.05, 3.63) is 101 Å². The van der Waals surface area contributed by atoms with Crippen molar-refractivity contribution in [1.29, 1.82) is 0 Å². The zero-order valence-electron chi connectivity index (χ0n) is 15.5. The lowest BCUT2D eigenvalue weighted by Gasteiger charge is -2.17. The highest BCUT2D eigenvalue weighted by Crippen LogP contribution is 2.28. The van der Waals surface area contributed by atoms with Crippen molar-refractivity contribution in [2.75, 3.05) is 4.90 Å². The first-order chi connectivity index (χ1) is 14.1. The molecule has 0 spiro atoms. The molecule has 6 nitrogen and oxygen atoms in total. The van der Waals surface area contributed by atoms with Gasteiger partial charge in [-0.25, -0.2) is 5.43 Å². The molecule has 1 aliphatic rings. The Hall–Kier alpha value is -3.93. The number of anilines is 1. The van der Waals surface area contributed by atoms with Crippen LogP contribution in [0.25, 0.3) is 0 Å². The first-order valence-electron chi connectivity index (χ1n) is 9.17. The second kappa shape index (κ2) is 7.98. The number of hydrazone groups is 1. The average Bonchev–Trinajstić information content (AvgIpc) is 3.18. The predicted molar refractivity (Wildman–Crippen MR) is 109 cm³/mol. The summed E-state index contributed by atoms with van der Waals surface area (Å²) in [5.41, 5.74) is 7.47.